The number of hydrogen-bond acceptors (Lipinski definition) is 6. The summed E-state index contributed by atoms with van der Waals surface area (Å²) in [5.41, 5.74) is 7.65. The number of aryl methyl sites for hydroxylation is 1. The van der Waals surface area contributed by atoms with E-state index in [4.69, 9.17) is 15.2 Å². The quantitative estimate of drug-likeness (QED) is 0.583. The summed E-state index contributed by atoms with van der Waals surface area (Å²) in [7, 11) is 0. The second-order valence-electron chi connectivity index (χ2n) is 6.19. The number of amides is 1. The largest absolute Gasteiger partial charge is 0.484 e. The first-order valence-electron chi connectivity index (χ1n) is 8.95. The number of benzene rings is 1. The van der Waals surface area contributed by atoms with Gasteiger partial charge in [-0.2, -0.15) is 0 Å². The molecule has 1 aromatic carbocycles. The highest BCUT2D eigenvalue weighted by Crippen LogP contribution is 2.40. The molecule has 2 aromatic rings. The monoisotopic (exact) mass is 386 g/mol. The molecule has 27 heavy (non-hydrogen) atoms. The van der Waals surface area contributed by atoms with Crippen LogP contribution in [0.3, 0.4) is 0 Å². The normalized spacial score (nSPS) is 13.4. The lowest BCUT2D eigenvalue weighted by molar-refractivity contribution is -0.119. The molecule has 1 amide bonds. The van der Waals surface area contributed by atoms with E-state index < -0.39 is 5.91 Å². The maximum absolute atomic E-state index is 12.4. The number of aliphatic imine (C=N–C) groups is 1. The molecular formula is C20H22N2O4S. The Morgan fingerprint density at radius 1 is 1.22 bits per heavy atom. The summed E-state index contributed by atoms with van der Waals surface area (Å²) in [6.07, 6.45) is 5.85. The average Bonchev–Trinajstić information content (AvgIpc) is 3.04. The van der Waals surface area contributed by atoms with E-state index in [0.29, 0.717) is 22.9 Å². The van der Waals surface area contributed by atoms with E-state index in [1.54, 1.807) is 29.7 Å². The van der Waals surface area contributed by atoms with Crippen LogP contribution in [-0.4, -0.2) is 31.3 Å². The SMILES string of the molecule is CCOC(=O)c1c(N=Cc2ccc(OCC(N)=O)cc2)sc2c1CCCC2. The van der Waals surface area contributed by atoms with Gasteiger partial charge in [-0.05, 0) is 68.0 Å². The summed E-state index contributed by atoms with van der Waals surface area (Å²) in [4.78, 5) is 29.0. The van der Waals surface area contributed by atoms with Crippen LogP contribution in [0.4, 0.5) is 5.00 Å². The Morgan fingerprint density at radius 3 is 2.67 bits per heavy atom. The Morgan fingerprint density at radius 2 is 1.96 bits per heavy atom. The molecule has 0 atom stereocenters. The lowest BCUT2D eigenvalue weighted by atomic mass is 9.95. The molecule has 0 radical (unpaired) electrons. The molecule has 0 aliphatic heterocycles. The fourth-order valence-corrected chi connectivity index (χ4v) is 4.22. The number of carbonyl (C=O) groups excluding carboxylic acids is 2. The average molecular weight is 386 g/mol. The lowest BCUT2D eigenvalue weighted by Gasteiger charge is -2.11. The van der Waals surface area contributed by atoms with Crippen LogP contribution in [0.1, 0.15) is 46.1 Å². The Hall–Kier alpha value is -2.67. The van der Waals surface area contributed by atoms with Crippen LogP contribution in [0, 0.1) is 0 Å². The minimum absolute atomic E-state index is 0.156. The van der Waals surface area contributed by atoms with Crippen LogP contribution in [0.15, 0.2) is 29.3 Å². The molecule has 0 spiro atoms. The maximum atomic E-state index is 12.4. The van der Waals surface area contributed by atoms with Gasteiger partial charge in [0, 0.05) is 11.1 Å². The zero-order valence-electron chi connectivity index (χ0n) is 15.2. The molecule has 0 unspecified atom stereocenters. The molecule has 0 bridgehead atoms. The molecular weight excluding hydrogens is 364 g/mol. The number of rotatable bonds is 7. The summed E-state index contributed by atoms with van der Waals surface area (Å²) in [5, 5.41) is 0.703. The summed E-state index contributed by atoms with van der Waals surface area (Å²) in [6, 6.07) is 7.15. The molecule has 7 heteroatoms. The van der Waals surface area contributed by atoms with E-state index in [2.05, 4.69) is 4.99 Å². The summed E-state index contributed by atoms with van der Waals surface area (Å²) in [5.74, 6) is -0.252. The van der Waals surface area contributed by atoms with Crippen LogP contribution in [0.25, 0.3) is 0 Å². The van der Waals surface area contributed by atoms with Crippen LogP contribution in [0.2, 0.25) is 0 Å². The number of carbonyl (C=O) groups is 2. The number of thiophene rings is 1. The highest BCUT2D eigenvalue weighted by Gasteiger charge is 2.25. The van der Waals surface area contributed by atoms with E-state index in [1.165, 1.54) is 4.88 Å². The third kappa shape index (κ3) is 4.74. The zero-order chi connectivity index (χ0) is 19.2. The van der Waals surface area contributed by atoms with E-state index >= 15 is 0 Å². The summed E-state index contributed by atoms with van der Waals surface area (Å²) >= 11 is 1.58. The number of primary amides is 1. The van der Waals surface area contributed by atoms with Gasteiger partial charge in [-0.15, -0.1) is 11.3 Å². The third-order valence-electron chi connectivity index (χ3n) is 4.22. The lowest BCUT2D eigenvalue weighted by Crippen LogP contribution is -2.19. The molecule has 1 heterocycles. The molecule has 0 fully saturated rings. The Balaban J connectivity index is 1.81. The molecule has 2 N–H and O–H groups in total. The van der Waals surface area contributed by atoms with E-state index in [0.717, 1.165) is 36.8 Å². The minimum atomic E-state index is -0.520. The van der Waals surface area contributed by atoms with Crippen molar-refractivity contribution in [2.24, 2.45) is 10.7 Å². The zero-order valence-corrected chi connectivity index (χ0v) is 16.0. The van der Waals surface area contributed by atoms with Gasteiger partial charge in [0.2, 0.25) is 0 Å². The van der Waals surface area contributed by atoms with Gasteiger partial charge in [0.15, 0.2) is 6.61 Å². The van der Waals surface area contributed by atoms with Gasteiger partial charge >= 0.3 is 5.97 Å². The van der Waals surface area contributed by atoms with Gasteiger partial charge in [0.25, 0.3) is 5.91 Å². The van der Waals surface area contributed by atoms with Gasteiger partial charge in [-0.3, -0.25) is 4.79 Å². The Bertz CT molecular complexity index is 856. The third-order valence-corrected chi connectivity index (χ3v) is 5.42. The highest BCUT2D eigenvalue weighted by atomic mass is 32.1. The van der Waals surface area contributed by atoms with Crippen molar-refractivity contribution in [3.8, 4) is 5.75 Å². The fourth-order valence-electron chi connectivity index (χ4n) is 2.99. The fraction of sp³-hybridized carbons (Fsp3) is 0.350. The molecule has 3 rings (SSSR count). The van der Waals surface area contributed by atoms with Crippen molar-refractivity contribution < 1.29 is 19.1 Å². The standard InChI is InChI=1S/C20H22N2O4S/c1-2-25-20(24)18-15-5-3-4-6-16(15)27-19(18)22-11-13-7-9-14(10-8-13)26-12-17(21)23/h7-11H,2-6,12H2,1H3,(H2,21,23). The van der Waals surface area contributed by atoms with Gasteiger partial charge in [0.05, 0.1) is 12.2 Å². The van der Waals surface area contributed by atoms with Crippen LogP contribution < -0.4 is 10.5 Å². The summed E-state index contributed by atoms with van der Waals surface area (Å²) < 4.78 is 10.5. The van der Waals surface area contributed by atoms with Crippen molar-refractivity contribution in [1.29, 1.82) is 0 Å². The van der Waals surface area contributed by atoms with E-state index in [1.807, 2.05) is 19.1 Å². The van der Waals surface area contributed by atoms with Gasteiger partial charge in [-0.1, -0.05) is 0 Å². The van der Waals surface area contributed by atoms with Crippen molar-refractivity contribution in [3.05, 3.63) is 45.8 Å². The van der Waals surface area contributed by atoms with Crippen LogP contribution in [-0.2, 0) is 22.4 Å². The highest BCUT2D eigenvalue weighted by molar-refractivity contribution is 7.16. The number of hydrogen-bond donors (Lipinski definition) is 1. The first-order chi connectivity index (χ1) is 13.1. The van der Waals surface area contributed by atoms with Crippen molar-refractivity contribution in [3.63, 3.8) is 0 Å². The van der Waals surface area contributed by atoms with Crippen LogP contribution in [0.5, 0.6) is 5.75 Å². The Kier molecular flexibility index (Phi) is 6.24. The molecule has 0 saturated carbocycles. The van der Waals surface area contributed by atoms with Crippen molar-refractivity contribution in [1.82, 2.24) is 0 Å². The van der Waals surface area contributed by atoms with E-state index in [-0.39, 0.29) is 12.6 Å². The number of fused-ring (bicyclic) bond motifs is 1. The van der Waals surface area contributed by atoms with Crippen molar-refractivity contribution >= 4 is 34.4 Å². The van der Waals surface area contributed by atoms with Crippen molar-refractivity contribution in [2.45, 2.75) is 32.6 Å². The molecule has 1 aliphatic carbocycles. The molecule has 0 saturated heterocycles. The first-order valence-corrected chi connectivity index (χ1v) is 9.77. The molecule has 6 nitrogen and oxygen atoms in total. The van der Waals surface area contributed by atoms with Gasteiger partial charge in [0.1, 0.15) is 10.8 Å². The smallest absolute Gasteiger partial charge is 0.341 e. The molecule has 1 aromatic heterocycles. The second-order valence-corrected chi connectivity index (χ2v) is 7.28. The van der Waals surface area contributed by atoms with Crippen molar-refractivity contribution in [2.75, 3.05) is 13.2 Å². The molecule has 142 valence electrons. The Labute approximate surface area is 162 Å². The maximum Gasteiger partial charge on any atom is 0.341 e. The number of esters is 1. The summed E-state index contributed by atoms with van der Waals surface area (Å²) in [6.45, 7) is 2.00. The predicted molar refractivity (Wildman–Crippen MR) is 105 cm³/mol. The predicted octanol–water partition coefficient (Wildman–Crippen LogP) is 3.42. The van der Waals surface area contributed by atoms with Crippen LogP contribution >= 0.6 is 11.3 Å². The topological polar surface area (TPSA) is 91.0 Å². The second kappa shape index (κ2) is 8.81. The van der Waals surface area contributed by atoms with E-state index in [9.17, 15) is 9.59 Å². The van der Waals surface area contributed by atoms with Gasteiger partial charge < -0.3 is 15.2 Å². The number of nitrogens with two attached hydrogens (primary N) is 1. The minimum Gasteiger partial charge on any atom is -0.484 e. The number of ether oxygens (including phenoxy) is 2. The number of nitrogens with zero attached hydrogens (tertiary/aromatic N) is 1. The van der Waals surface area contributed by atoms with Gasteiger partial charge in [-0.25, -0.2) is 9.79 Å². The molecule has 1 aliphatic rings. The first kappa shape index (κ1) is 19.1.